The van der Waals surface area contributed by atoms with Crippen LogP contribution in [0.4, 0.5) is 19.0 Å². The number of anilines is 1. The number of rotatable bonds is 5. The maximum atomic E-state index is 13.7. The molecule has 2 fully saturated rings. The molecule has 0 saturated carbocycles. The Kier molecular flexibility index (Phi) is 6.20. The second kappa shape index (κ2) is 8.86. The van der Waals surface area contributed by atoms with Gasteiger partial charge in [0.1, 0.15) is 17.9 Å². The molecule has 11 heteroatoms. The number of nitrogens with two attached hydrogens (primary N) is 1. The predicted molar refractivity (Wildman–Crippen MR) is 121 cm³/mol. The molecule has 1 aromatic carbocycles. The van der Waals surface area contributed by atoms with E-state index in [1.54, 1.807) is 0 Å². The molecule has 2 saturated heterocycles. The summed E-state index contributed by atoms with van der Waals surface area (Å²) in [5.41, 5.74) is 4.15. The molecule has 3 heterocycles. The van der Waals surface area contributed by atoms with Gasteiger partial charge in [-0.25, -0.2) is 4.98 Å². The highest BCUT2D eigenvalue weighted by atomic mass is 19.4. The number of carbonyl (C=O) groups is 3. The van der Waals surface area contributed by atoms with Gasteiger partial charge in [-0.2, -0.15) is 13.2 Å². The van der Waals surface area contributed by atoms with E-state index < -0.39 is 23.2 Å². The van der Waals surface area contributed by atoms with Crippen molar-refractivity contribution in [1.29, 1.82) is 0 Å². The van der Waals surface area contributed by atoms with Crippen molar-refractivity contribution in [2.24, 2.45) is 5.73 Å². The Morgan fingerprint density at radius 1 is 1.17 bits per heavy atom. The Hall–Kier alpha value is -3.63. The van der Waals surface area contributed by atoms with Gasteiger partial charge in [-0.3, -0.25) is 14.4 Å². The van der Waals surface area contributed by atoms with E-state index in [9.17, 15) is 27.6 Å². The van der Waals surface area contributed by atoms with E-state index in [4.69, 9.17) is 5.73 Å². The number of halogens is 3. The third-order valence-electron chi connectivity index (χ3n) is 6.63. The van der Waals surface area contributed by atoms with Gasteiger partial charge < -0.3 is 20.4 Å². The summed E-state index contributed by atoms with van der Waals surface area (Å²) in [5, 5.41) is 0. The number of amides is 3. The van der Waals surface area contributed by atoms with Crippen molar-refractivity contribution in [2.75, 3.05) is 24.5 Å². The quantitative estimate of drug-likeness (QED) is 0.696. The Morgan fingerprint density at radius 3 is 2.46 bits per heavy atom. The van der Waals surface area contributed by atoms with Gasteiger partial charge in [0.15, 0.2) is 0 Å². The molecule has 3 amide bonds. The number of hydrogen-bond acceptors (Lipinski definition) is 5. The first-order valence-corrected chi connectivity index (χ1v) is 11.2. The Morgan fingerprint density at radius 2 is 1.86 bits per heavy atom. The lowest BCUT2D eigenvalue weighted by Gasteiger charge is -2.48. The van der Waals surface area contributed by atoms with Gasteiger partial charge in [0.2, 0.25) is 11.8 Å². The number of nitrogens with zero attached hydrogens (tertiary/aromatic N) is 4. The van der Waals surface area contributed by atoms with Crippen LogP contribution in [-0.4, -0.2) is 63.7 Å². The van der Waals surface area contributed by atoms with Crippen LogP contribution in [0.15, 0.2) is 42.6 Å². The van der Waals surface area contributed by atoms with Crippen molar-refractivity contribution < 1.29 is 27.6 Å². The second-order valence-electron chi connectivity index (χ2n) is 9.17. The number of aromatic nitrogens is 1. The zero-order valence-corrected chi connectivity index (χ0v) is 19.4. The van der Waals surface area contributed by atoms with Gasteiger partial charge in [-0.1, -0.05) is 12.1 Å². The third-order valence-corrected chi connectivity index (χ3v) is 6.63. The smallest absolute Gasteiger partial charge is 0.366 e. The maximum Gasteiger partial charge on any atom is 0.416 e. The lowest BCUT2D eigenvalue weighted by Crippen LogP contribution is -2.69. The fourth-order valence-corrected chi connectivity index (χ4v) is 4.69. The van der Waals surface area contributed by atoms with Gasteiger partial charge in [-0.05, 0) is 50.1 Å². The first kappa shape index (κ1) is 24.5. The fraction of sp³-hybridized carbons (Fsp3) is 0.417. The average Bonchev–Trinajstić information content (AvgIpc) is 3.25. The lowest BCUT2D eigenvalue weighted by atomic mass is 9.89. The molecule has 2 aliphatic rings. The van der Waals surface area contributed by atoms with E-state index in [2.05, 4.69) is 4.98 Å². The van der Waals surface area contributed by atoms with Crippen LogP contribution < -0.4 is 10.6 Å². The van der Waals surface area contributed by atoms with Gasteiger partial charge in [-0.15, -0.1) is 0 Å². The fourth-order valence-electron chi connectivity index (χ4n) is 4.69. The van der Waals surface area contributed by atoms with Crippen molar-refractivity contribution in [2.45, 2.75) is 44.6 Å². The van der Waals surface area contributed by atoms with E-state index in [0.717, 1.165) is 12.1 Å². The van der Waals surface area contributed by atoms with Crippen molar-refractivity contribution in [3.05, 3.63) is 59.3 Å². The number of primary amides is 1. The summed E-state index contributed by atoms with van der Waals surface area (Å²) in [6.07, 6.45) is -2.70. The van der Waals surface area contributed by atoms with Crippen LogP contribution in [0.2, 0.25) is 0 Å². The lowest BCUT2D eigenvalue weighted by molar-refractivity contribution is -0.166. The van der Waals surface area contributed by atoms with Crippen LogP contribution in [0, 0.1) is 0 Å². The Bertz CT molecular complexity index is 1150. The topological polar surface area (TPSA) is 99.8 Å². The molecular weight excluding hydrogens is 463 g/mol. The highest BCUT2D eigenvalue weighted by molar-refractivity contribution is 5.99. The molecule has 2 N–H and O–H groups in total. The van der Waals surface area contributed by atoms with Crippen LogP contribution in [-0.2, 0) is 22.3 Å². The maximum absolute atomic E-state index is 13.7. The molecule has 186 valence electrons. The molecule has 2 aliphatic heterocycles. The standard InChI is InChI=1S/C24H26F3N5O3/c1-15(2)31-13-20(33)32(12-16-3-5-18(6-4-16)24(25,26)27)23(22(31)35)8-10-30(14-23)19-11-17(21(28)34)7-9-29-19/h3-7,9,11,15H,8,10,12-14H2,1-2H3,(H2,28,34). The summed E-state index contributed by atoms with van der Waals surface area (Å²) < 4.78 is 38.9. The van der Waals surface area contributed by atoms with Gasteiger partial charge in [0.25, 0.3) is 5.91 Å². The molecule has 1 atom stereocenters. The number of pyridine rings is 1. The summed E-state index contributed by atoms with van der Waals surface area (Å²) >= 11 is 0. The first-order valence-electron chi connectivity index (χ1n) is 11.2. The van der Waals surface area contributed by atoms with Crippen LogP contribution in [0.1, 0.15) is 41.8 Å². The summed E-state index contributed by atoms with van der Waals surface area (Å²) in [6.45, 7) is 4.08. The number of hydrogen-bond donors (Lipinski definition) is 1. The molecule has 35 heavy (non-hydrogen) atoms. The normalized spacial score (nSPS) is 20.9. The van der Waals surface area contributed by atoms with Gasteiger partial charge in [0, 0.05) is 30.9 Å². The van der Waals surface area contributed by atoms with Crippen molar-refractivity contribution in [3.8, 4) is 0 Å². The zero-order chi connectivity index (χ0) is 25.5. The van der Waals surface area contributed by atoms with E-state index in [1.807, 2.05) is 18.7 Å². The minimum absolute atomic E-state index is 0.00274. The van der Waals surface area contributed by atoms with Crippen LogP contribution in [0.3, 0.4) is 0 Å². The number of alkyl halides is 3. The SMILES string of the molecule is CC(C)N1CC(=O)N(Cc2ccc(C(F)(F)F)cc2)C2(CCN(c3cc(C(N)=O)ccn3)C2)C1=O. The predicted octanol–water partition coefficient (Wildman–Crippen LogP) is 2.43. The van der Waals surface area contributed by atoms with Crippen molar-refractivity contribution >= 4 is 23.5 Å². The zero-order valence-electron chi connectivity index (χ0n) is 19.4. The minimum Gasteiger partial charge on any atom is -0.366 e. The van der Waals surface area contributed by atoms with Gasteiger partial charge in [0.05, 0.1) is 12.1 Å². The van der Waals surface area contributed by atoms with E-state index in [0.29, 0.717) is 24.3 Å². The molecule has 1 spiro atoms. The third kappa shape index (κ3) is 4.54. The summed E-state index contributed by atoms with van der Waals surface area (Å²) in [6, 6.07) is 7.42. The van der Waals surface area contributed by atoms with Gasteiger partial charge >= 0.3 is 6.18 Å². The first-order chi connectivity index (χ1) is 16.4. The second-order valence-corrected chi connectivity index (χ2v) is 9.17. The Labute approximate surface area is 200 Å². The molecule has 0 radical (unpaired) electrons. The summed E-state index contributed by atoms with van der Waals surface area (Å²) in [4.78, 5) is 47.8. The summed E-state index contributed by atoms with van der Waals surface area (Å²) in [5.74, 6) is -0.651. The highest BCUT2D eigenvalue weighted by Gasteiger charge is 2.56. The monoisotopic (exact) mass is 489 g/mol. The molecule has 0 bridgehead atoms. The molecule has 8 nitrogen and oxygen atoms in total. The van der Waals surface area contributed by atoms with Crippen LogP contribution in [0.5, 0.6) is 0 Å². The number of benzene rings is 1. The largest absolute Gasteiger partial charge is 0.416 e. The number of piperazine rings is 1. The summed E-state index contributed by atoms with van der Waals surface area (Å²) in [7, 11) is 0. The van der Waals surface area contributed by atoms with Crippen molar-refractivity contribution in [3.63, 3.8) is 0 Å². The van der Waals surface area contributed by atoms with E-state index >= 15 is 0 Å². The molecule has 0 aliphatic carbocycles. The van der Waals surface area contributed by atoms with Crippen molar-refractivity contribution in [1.82, 2.24) is 14.8 Å². The molecule has 4 rings (SSSR count). The van der Waals surface area contributed by atoms with Crippen LogP contribution >= 0.6 is 0 Å². The molecular formula is C24H26F3N5O3. The van der Waals surface area contributed by atoms with E-state index in [1.165, 1.54) is 40.3 Å². The molecule has 1 unspecified atom stereocenters. The van der Waals surface area contributed by atoms with E-state index in [-0.39, 0.29) is 43.1 Å². The number of carbonyl (C=O) groups excluding carboxylic acids is 3. The minimum atomic E-state index is -4.47. The van der Waals surface area contributed by atoms with Crippen LogP contribution in [0.25, 0.3) is 0 Å². The average molecular weight is 489 g/mol. The molecule has 2 aromatic rings. The molecule has 1 aromatic heterocycles. The Balaban J connectivity index is 1.67. The highest BCUT2D eigenvalue weighted by Crippen LogP contribution is 2.37.